The van der Waals surface area contributed by atoms with Crippen LogP contribution in [0.25, 0.3) is 0 Å². The lowest BCUT2D eigenvalue weighted by atomic mass is 10.1. The van der Waals surface area contributed by atoms with E-state index in [1.807, 2.05) is 0 Å². The molecule has 0 spiro atoms. The van der Waals surface area contributed by atoms with Crippen molar-refractivity contribution >= 4 is 0 Å². The lowest BCUT2D eigenvalue weighted by Crippen LogP contribution is -2.37. The molecule has 3 heteroatoms. The van der Waals surface area contributed by atoms with Gasteiger partial charge in [0.1, 0.15) is 0 Å². The van der Waals surface area contributed by atoms with Crippen LogP contribution in [0, 0.1) is 0 Å². The van der Waals surface area contributed by atoms with E-state index in [-0.39, 0.29) is 6.10 Å². The molecular weight excluding hydrogens is 178 g/mol. The lowest BCUT2D eigenvalue weighted by Gasteiger charge is -2.19. The highest BCUT2D eigenvalue weighted by Gasteiger charge is 2.24. The fraction of sp³-hybridized carbons (Fsp3) is 0.818. The van der Waals surface area contributed by atoms with Crippen LogP contribution in [0.2, 0.25) is 0 Å². The number of nitrogens with one attached hydrogen (secondary N) is 1. The Balaban J connectivity index is 1.73. The molecule has 0 bridgehead atoms. The average molecular weight is 197 g/mol. The highest BCUT2D eigenvalue weighted by Crippen LogP contribution is 2.19. The Kier molecular flexibility index (Phi) is 3.56. The van der Waals surface area contributed by atoms with Crippen LogP contribution < -0.4 is 5.32 Å². The van der Waals surface area contributed by atoms with Crippen molar-refractivity contribution in [2.24, 2.45) is 0 Å². The van der Waals surface area contributed by atoms with E-state index in [1.54, 1.807) is 0 Å². The van der Waals surface area contributed by atoms with Crippen LogP contribution in [0.1, 0.15) is 25.7 Å². The summed E-state index contributed by atoms with van der Waals surface area (Å²) in [5.41, 5.74) is 1.33. The fourth-order valence-electron chi connectivity index (χ4n) is 2.17. The molecule has 0 amide bonds. The van der Waals surface area contributed by atoms with E-state index in [9.17, 15) is 5.11 Å². The minimum absolute atomic E-state index is 0.139. The van der Waals surface area contributed by atoms with Gasteiger partial charge in [-0.05, 0) is 31.3 Å². The van der Waals surface area contributed by atoms with Crippen LogP contribution in [0.4, 0.5) is 0 Å². The molecule has 0 aromatic rings. The van der Waals surface area contributed by atoms with Crippen molar-refractivity contribution in [1.82, 2.24) is 5.32 Å². The van der Waals surface area contributed by atoms with Crippen molar-refractivity contribution in [3.63, 3.8) is 0 Å². The first-order valence-corrected chi connectivity index (χ1v) is 5.53. The van der Waals surface area contributed by atoms with E-state index in [1.165, 1.54) is 5.57 Å². The Hall–Kier alpha value is -0.380. The molecule has 0 aromatic heterocycles. The molecule has 0 aromatic carbocycles. The van der Waals surface area contributed by atoms with Gasteiger partial charge in [0.15, 0.2) is 0 Å². The van der Waals surface area contributed by atoms with Crippen LogP contribution >= 0.6 is 0 Å². The molecule has 2 N–H and O–H groups in total. The number of rotatable bonds is 3. The van der Waals surface area contributed by atoms with Crippen LogP contribution in [-0.2, 0) is 4.74 Å². The molecule has 2 unspecified atom stereocenters. The molecule has 1 saturated carbocycles. The van der Waals surface area contributed by atoms with Crippen molar-refractivity contribution in [2.45, 2.75) is 37.8 Å². The number of hydrogen-bond acceptors (Lipinski definition) is 3. The molecule has 14 heavy (non-hydrogen) atoms. The van der Waals surface area contributed by atoms with Gasteiger partial charge in [0.25, 0.3) is 0 Å². The highest BCUT2D eigenvalue weighted by molar-refractivity contribution is 5.07. The molecule has 1 fully saturated rings. The smallest absolute Gasteiger partial charge is 0.0693 e. The second-order valence-corrected chi connectivity index (χ2v) is 4.19. The summed E-state index contributed by atoms with van der Waals surface area (Å²) in [5, 5.41) is 13.0. The number of aliphatic hydroxyl groups is 1. The average Bonchev–Trinajstić information content (AvgIpc) is 2.63. The summed E-state index contributed by atoms with van der Waals surface area (Å²) in [4.78, 5) is 0. The summed E-state index contributed by atoms with van der Waals surface area (Å²) in [7, 11) is 0. The summed E-state index contributed by atoms with van der Waals surface area (Å²) < 4.78 is 5.35. The second-order valence-electron chi connectivity index (χ2n) is 4.19. The third-order valence-corrected chi connectivity index (χ3v) is 3.05. The highest BCUT2D eigenvalue weighted by atomic mass is 16.5. The van der Waals surface area contributed by atoms with Gasteiger partial charge in [-0.25, -0.2) is 0 Å². The monoisotopic (exact) mass is 197 g/mol. The fourth-order valence-corrected chi connectivity index (χ4v) is 2.17. The lowest BCUT2D eigenvalue weighted by molar-refractivity contribution is 0.139. The zero-order valence-corrected chi connectivity index (χ0v) is 8.54. The molecule has 3 nitrogen and oxygen atoms in total. The normalized spacial score (nSPS) is 33.1. The molecular formula is C11H19NO2. The van der Waals surface area contributed by atoms with Crippen LogP contribution in [0.3, 0.4) is 0 Å². The third-order valence-electron chi connectivity index (χ3n) is 3.05. The Morgan fingerprint density at radius 2 is 2.43 bits per heavy atom. The van der Waals surface area contributed by atoms with E-state index < -0.39 is 0 Å². The van der Waals surface area contributed by atoms with Crippen molar-refractivity contribution in [3.05, 3.63) is 11.6 Å². The topological polar surface area (TPSA) is 41.5 Å². The molecule has 1 aliphatic heterocycles. The van der Waals surface area contributed by atoms with E-state index >= 15 is 0 Å². The van der Waals surface area contributed by atoms with Gasteiger partial charge < -0.3 is 15.2 Å². The molecule has 1 aliphatic carbocycles. The van der Waals surface area contributed by atoms with Gasteiger partial charge in [-0.1, -0.05) is 6.08 Å². The minimum atomic E-state index is -0.139. The number of hydrogen-bond donors (Lipinski definition) is 2. The molecule has 2 rings (SSSR count). The maximum Gasteiger partial charge on any atom is 0.0693 e. The summed E-state index contributed by atoms with van der Waals surface area (Å²) in [5.74, 6) is 0. The Labute approximate surface area is 85.1 Å². The van der Waals surface area contributed by atoms with Crippen molar-refractivity contribution in [2.75, 3.05) is 19.8 Å². The number of aliphatic hydroxyl groups excluding tert-OH is 1. The summed E-state index contributed by atoms with van der Waals surface area (Å²) in [6, 6.07) is 0.304. The molecule has 80 valence electrons. The zero-order valence-electron chi connectivity index (χ0n) is 8.54. The first-order chi connectivity index (χ1) is 6.86. The summed E-state index contributed by atoms with van der Waals surface area (Å²) in [6.45, 7) is 2.49. The molecule has 2 aliphatic rings. The first kappa shape index (κ1) is 10.1. The van der Waals surface area contributed by atoms with Gasteiger partial charge in [0.05, 0.1) is 19.3 Å². The van der Waals surface area contributed by atoms with E-state index in [0.717, 1.165) is 45.4 Å². The quantitative estimate of drug-likeness (QED) is 0.659. The standard InChI is InChI=1S/C11H19NO2/c13-11-5-1-4-10(11)12-7-9-3-2-6-14-8-9/h3,10-13H,1-2,4-8H2. The van der Waals surface area contributed by atoms with Crippen LogP contribution in [0.5, 0.6) is 0 Å². The Morgan fingerprint density at radius 3 is 3.07 bits per heavy atom. The maximum atomic E-state index is 9.61. The van der Waals surface area contributed by atoms with Gasteiger partial charge in [0, 0.05) is 12.6 Å². The van der Waals surface area contributed by atoms with E-state index in [4.69, 9.17) is 4.74 Å². The summed E-state index contributed by atoms with van der Waals surface area (Å²) in [6.07, 6.45) is 6.35. The van der Waals surface area contributed by atoms with Gasteiger partial charge in [-0.2, -0.15) is 0 Å². The molecule has 1 heterocycles. The molecule has 2 atom stereocenters. The third kappa shape index (κ3) is 2.56. The minimum Gasteiger partial charge on any atom is -0.392 e. The van der Waals surface area contributed by atoms with E-state index in [0.29, 0.717) is 6.04 Å². The van der Waals surface area contributed by atoms with Gasteiger partial charge in [0.2, 0.25) is 0 Å². The largest absolute Gasteiger partial charge is 0.392 e. The van der Waals surface area contributed by atoms with Gasteiger partial charge in [-0.3, -0.25) is 0 Å². The summed E-state index contributed by atoms with van der Waals surface area (Å²) >= 11 is 0. The van der Waals surface area contributed by atoms with Crippen LogP contribution in [-0.4, -0.2) is 37.0 Å². The van der Waals surface area contributed by atoms with Crippen molar-refractivity contribution in [3.8, 4) is 0 Å². The van der Waals surface area contributed by atoms with Crippen molar-refractivity contribution in [1.29, 1.82) is 0 Å². The van der Waals surface area contributed by atoms with Gasteiger partial charge >= 0.3 is 0 Å². The Bertz CT molecular complexity index is 215. The first-order valence-electron chi connectivity index (χ1n) is 5.53. The zero-order chi connectivity index (χ0) is 9.80. The van der Waals surface area contributed by atoms with Crippen molar-refractivity contribution < 1.29 is 9.84 Å². The maximum absolute atomic E-state index is 9.61. The van der Waals surface area contributed by atoms with Crippen LogP contribution in [0.15, 0.2) is 11.6 Å². The van der Waals surface area contributed by atoms with Gasteiger partial charge in [-0.15, -0.1) is 0 Å². The Morgan fingerprint density at radius 1 is 1.50 bits per heavy atom. The predicted molar refractivity (Wildman–Crippen MR) is 55.2 cm³/mol. The molecule has 0 saturated heterocycles. The molecule has 0 radical (unpaired) electrons. The van der Waals surface area contributed by atoms with E-state index in [2.05, 4.69) is 11.4 Å². The SMILES string of the molecule is OC1CCCC1NCC1=CCCOC1. The predicted octanol–water partition coefficient (Wildman–Crippen LogP) is 0.836. The number of ether oxygens (including phenoxy) is 1. The second kappa shape index (κ2) is 4.91.